The molecule has 0 atom stereocenters. The Labute approximate surface area is 108 Å². The van der Waals surface area contributed by atoms with Gasteiger partial charge in [-0.15, -0.1) is 0 Å². The zero-order chi connectivity index (χ0) is 11.4. The molecule has 2 N–H and O–H groups in total. The Morgan fingerprint density at radius 2 is 1.50 bits per heavy atom. The summed E-state index contributed by atoms with van der Waals surface area (Å²) in [4.78, 5) is 0. The summed E-state index contributed by atoms with van der Waals surface area (Å²) in [6.07, 6.45) is 12.2. The number of allylic oxidation sites excluding steroid dienone is 1. The molecule has 0 fully saturated rings. The van der Waals surface area contributed by atoms with Crippen molar-refractivity contribution in [1.29, 1.82) is 0 Å². The number of quaternary nitrogens is 1. The van der Waals surface area contributed by atoms with Gasteiger partial charge in [0.2, 0.25) is 0 Å². The quantitative estimate of drug-likeness (QED) is 0.422. The lowest BCUT2D eigenvalue weighted by molar-refractivity contribution is -0.646. The van der Waals surface area contributed by atoms with Gasteiger partial charge >= 0.3 is 0 Å². The molecule has 0 spiro atoms. The Bertz CT molecular complexity index is 151. The van der Waals surface area contributed by atoms with Crippen molar-refractivity contribution in [2.24, 2.45) is 0 Å². The Balaban J connectivity index is 0. The third-order valence-electron chi connectivity index (χ3n) is 2.70. The van der Waals surface area contributed by atoms with E-state index in [1.165, 1.54) is 57.1 Å². The van der Waals surface area contributed by atoms with Crippen LogP contribution in [0.5, 0.6) is 0 Å². The van der Waals surface area contributed by atoms with E-state index in [9.17, 15) is 0 Å². The van der Waals surface area contributed by atoms with Crippen LogP contribution in [0.1, 0.15) is 65.7 Å². The van der Waals surface area contributed by atoms with Crippen LogP contribution in [0.3, 0.4) is 0 Å². The first-order chi connectivity index (χ1) is 7.27. The van der Waals surface area contributed by atoms with Gasteiger partial charge in [-0.25, -0.2) is 0 Å². The summed E-state index contributed by atoms with van der Waals surface area (Å²) < 4.78 is 0. The highest BCUT2D eigenvalue weighted by Crippen LogP contribution is 2.05. The van der Waals surface area contributed by atoms with Gasteiger partial charge in [0.25, 0.3) is 0 Å². The molecule has 0 aromatic rings. The van der Waals surface area contributed by atoms with Gasteiger partial charge in [0.15, 0.2) is 0 Å². The Kier molecular flexibility index (Phi) is 17.2. The first kappa shape index (κ1) is 18.4. The molecule has 0 aromatic carbocycles. The SMILES string of the molecule is CCCCCCCCC[NH2+]CC=C(C)C.[Cl-]. The summed E-state index contributed by atoms with van der Waals surface area (Å²) in [6, 6.07) is 0. The molecule has 0 saturated heterocycles. The van der Waals surface area contributed by atoms with E-state index >= 15 is 0 Å². The lowest BCUT2D eigenvalue weighted by atomic mass is 10.1. The maximum atomic E-state index is 2.42. The molecule has 0 unspecified atom stereocenters. The predicted octanol–water partition coefficient (Wildman–Crippen LogP) is 0.271. The van der Waals surface area contributed by atoms with Crippen LogP contribution in [-0.4, -0.2) is 13.1 Å². The van der Waals surface area contributed by atoms with Gasteiger partial charge in [-0.1, -0.05) is 44.6 Å². The van der Waals surface area contributed by atoms with Gasteiger partial charge < -0.3 is 17.7 Å². The van der Waals surface area contributed by atoms with Gasteiger partial charge in [-0.05, 0) is 32.8 Å². The minimum absolute atomic E-state index is 0. The van der Waals surface area contributed by atoms with Crippen LogP contribution in [0.25, 0.3) is 0 Å². The first-order valence-electron chi connectivity index (χ1n) is 6.72. The lowest BCUT2D eigenvalue weighted by Gasteiger charge is -2.00. The average molecular weight is 248 g/mol. The lowest BCUT2D eigenvalue weighted by Crippen LogP contribution is -3.00. The van der Waals surface area contributed by atoms with E-state index < -0.39 is 0 Å². The minimum atomic E-state index is 0. The highest BCUT2D eigenvalue weighted by molar-refractivity contribution is 4.91. The van der Waals surface area contributed by atoms with E-state index in [-0.39, 0.29) is 12.4 Å². The molecular formula is C14H30ClN. The summed E-state index contributed by atoms with van der Waals surface area (Å²) >= 11 is 0. The fraction of sp³-hybridized carbons (Fsp3) is 0.857. The molecule has 0 aliphatic rings. The molecule has 16 heavy (non-hydrogen) atoms. The molecule has 0 bridgehead atoms. The van der Waals surface area contributed by atoms with E-state index in [0.717, 1.165) is 6.54 Å². The molecule has 0 radical (unpaired) electrons. The molecule has 0 aromatic heterocycles. The van der Waals surface area contributed by atoms with Crippen LogP contribution in [0, 0.1) is 0 Å². The second-order valence-electron chi connectivity index (χ2n) is 4.72. The zero-order valence-electron chi connectivity index (χ0n) is 11.4. The van der Waals surface area contributed by atoms with Crippen molar-refractivity contribution in [3.63, 3.8) is 0 Å². The van der Waals surface area contributed by atoms with Gasteiger partial charge in [0.05, 0.1) is 13.1 Å². The minimum Gasteiger partial charge on any atom is -1.00 e. The van der Waals surface area contributed by atoms with Crippen LogP contribution in [0.4, 0.5) is 0 Å². The molecule has 0 rings (SSSR count). The highest BCUT2D eigenvalue weighted by atomic mass is 35.5. The summed E-state index contributed by atoms with van der Waals surface area (Å²) in [5.74, 6) is 0. The smallest absolute Gasteiger partial charge is 0.0944 e. The summed E-state index contributed by atoms with van der Waals surface area (Å²) in [6.45, 7) is 9.08. The van der Waals surface area contributed by atoms with Crippen LogP contribution in [0.2, 0.25) is 0 Å². The van der Waals surface area contributed by atoms with Crippen LogP contribution in [0.15, 0.2) is 11.6 Å². The molecule has 2 heteroatoms. The number of unbranched alkanes of at least 4 members (excludes halogenated alkanes) is 6. The van der Waals surface area contributed by atoms with Crippen molar-refractivity contribution in [3.8, 4) is 0 Å². The Morgan fingerprint density at radius 3 is 2.06 bits per heavy atom. The van der Waals surface area contributed by atoms with Crippen molar-refractivity contribution in [1.82, 2.24) is 0 Å². The normalized spacial score (nSPS) is 9.69. The summed E-state index contributed by atoms with van der Waals surface area (Å²) in [5.41, 5.74) is 1.44. The molecule has 0 aliphatic heterocycles. The fourth-order valence-corrected chi connectivity index (χ4v) is 1.68. The largest absolute Gasteiger partial charge is 1.00 e. The standard InChI is InChI=1S/C14H29N.ClH/c1-4-5-6-7-8-9-10-12-15-13-11-14(2)3;/h11,15H,4-10,12-13H2,1-3H3;1H. The van der Waals surface area contributed by atoms with E-state index in [0.29, 0.717) is 0 Å². The number of hydrogen-bond donors (Lipinski definition) is 1. The van der Waals surface area contributed by atoms with E-state index in [4.69, 9.17) is 0 Å². The van der Waals surface area contributed by atoms with Crippen LogP contribution in [-0.2, 0) is 0 Å². The summed E-state index contributed by atoms with van der Waals surface area (Å²) in [5, 5.41) is 2.42. The van der Waals surface area contributed by atoms with Crippen LogP contribution >= 0.6 is 0 Å². The van der Waals surface area contributed by atoms with E-state index in [2.05, 4.69) is 32.2 Å². The Hall–Kier alpha value is -0.0100. The first-order valence-corrected chi connectivity index (χ1v) is 6.72. The second kappa shape index (κ2) is 15.0. The molecule has 98 valence electrons. The highest BCUT2D eigenvalue weighted by Gasteiger charge is 1.92. The zero-order valence-corrected chi connectivity index (χ0v) is 12.2. The molecular weight excluding hydrogens is 218 g/mol. The van der Waals surface area contributed by atoms with Crippen LogP contribution < -0.4 is 17.7 Å². The van der Waals surface area contributed by atoms with Gasteiger partial charge in [0.1, 0.15) is 0 Å². The molecule has 1 nitrogen and oxygen atoms in total. The molecule has 0 amide bonds. The maximum Gasteiger partial charge on any atom is 0.0944 e. The van der Waals surface area contributed by atoms with Crippen molar-refractivity contribution in [2.75, 3.05) is 13.1 Å². The van der Waals surface area contributed by atoms with Crippen molar-refractivity contribution >= 4 is 0 Å². The fourth-order valence-electron chi connectivity index (χ4n) is 1.68. The third-order valence-corrected chi connectivity index (χ3v) is 2.70. The molecule has 0 aliphatic carbocycles. The van der Waals surface area contributed by atoms with Crippen molar-refractivity contribution in [2.45, 2.75) is 65.7 Å². The monoisotopic (exact) mass is 247 g/mol. The predicted molar refractivity (Wildman–Crippen MR) is 69.1 cm³/mol. The number of hydrogen-bond acceptors (Lipinski definition) is 0. The second-order valence-corrected chi connectivity index (χ2v) is 4.72. The number of rotatable bonds is 10. The van der Waals surface area contributed by atoms with Gasteiger partial charge in [0, 0.05) is 0 Å². The van der Waals surface area contributed by atoms with Gasteiger partial charge in [-0.3, -0.25) is 0 Å². The summed E-state index contributed by atoms with van der Waals surface area (Å²) in [7, 11) is 0. The van der Waals surface area contributed by atoms with Crippen molar-refractivity contribution in [3.05, 3.63) is 11.6 Å². The number of nitrogens with two attached hydrogens (primary N) is 1. The number of halogens is 1. The Morgan fingerprint density at radius 1 is 0.938 bits per heavy atom. The molecule has 0 saturated carbocycles. The van der Waals surface area contributed by atoms with Gasteiger partial charge in [-0.2, -0.15) is 0 Å². The van der Waals surface area contributed by atoms with E-state index in [1.54, 1.807) is 0 Å². The average Bonchev–Trinajstić information content (AvgIpc) is 2.20. The van der Waals surface area contributed by atoms with E-state index in [1.807, 2.05) is 0 Å². The maximum absolute atomic E-state index is 2.42. The third kappa shape index (κ3) is 16.4. The molecule has 0 heterocycles. The topological polar surface area (TPSA) is 16.6 Å². The van der Waals surface area contributed by atoms with Crippen molar-refractivity contribution < 1.29 is 17.7 Å².